The maximum Gasteiger partial charge on any atom is 0.125 e. The van der Waals surface area contributed by atoms with Gasteiger partial charge in [-0.1, -0.05) is 47.1 Å². The van der Waals surface area contributed by atoms with Gasteiger partial charge in [-0.05, 0) is 35.7 Å². The topological polar surface area (TPSA) is 17.8 Å². The molecule has 0 aliphatic carbocycles. The number of nitrogens with zero attached hydrogens (tertiary/aromatic N) is 2. The molecule has 0 aliphatic rings. The molecule has 0 unspecified atom stereocenters. The first kappa shape index (κ1) is 14.6. The number of aromatic nitrogens is 2. The Labute approximate surface area is 137 Å². The quantitative estimate of drug-likeness (QED) is 0.586. The fourth-order valence-corrected chi connectivity index (χ4v) is 3.21. The number of aryl methyl sites for hydroxylation is 1. The van der Waals surface area contributed by atoms with E-state index in [1.807, 2.05) is 12.1 Å². The fraction of sp³-hybridized carbons (Fsp3) is 0.235. The molecule has 0 saturated heterocycles. The molecule has 21 heavy (non-hydrogen) atoms. The molecule has 3 rings (SSSR count). The number of hydrogen-bond donors (Lipinski definition) is 0. The highest BCUT2D eigenvalue weighted by Crippen LogP contribution is 2.23. The molecule has 0 N–H and O–H groups in total. The van der Waals surface area contributed by atoms with E-state index in [-0.39, 0.29) is 0 Å². The van der Waals surface area contributed by atoms with Crippen molar-refractivity contribution < 1.29 is 0 Å². The Morgan fingerprint density at radius 3 is 2.62 bits per heavy atom. The third kappa shape index (κ3) is 2.85. The van der Waals surface area contributed by atoms with Gasteiger partial charge in [0.05, 0.1) is 16.9 Å². The fourth-order valence-electron chi connectivity index (χ4n) is 2.66. The molecular weight excluding hydrogens is 348 g/mol. The number of fused-ring (bicyclic) bond motifs is 1. The molecule has 108 valence electrons. The molecule has 0 atom stereocenters. The third-order valence-electron chi connectivity index (χ3n) is 3.74. The number of hydrogen-bond acceptors (Lipinski definition) is 1. The Morgan fingerprint density at radius 2 is 1.90 bits per heavy atom. The molecule has 1 aromatic heterocycles. The third-order valence-corrected chi connectivity index (χ3v) is 4.47. The molecule has 0 fully saturated rings. The molecule has 0 saturated carbocycles. The van der Waals surface area contributed by atoms with Crippen LogP contribution < -0.4 is 0 Å². The monoisotopic (exact) mass is 362 g/mol. The molecular formula is C17H16BrClN2. The summed E-state index contributed by atoms with van der Waals surface area (Å²) in [6, 6.07) is 14.7. The summed E-state index contributed by atoms with van der Waals surface area (Å²) in [5, 5.41) is 0. The van der Waals surface area contributed by atoms with E-state index < -0.39 is 0 Å². The van der Waals surface area contributed by atoms with Crippen LogP contribution in [-0.2, 0) is 18.8 Å². The Balaban J connectivity index is 2.11. The summed E-state index contributed by atoms with van der Waals surface area (Å²) in [7, 11) is 0. The van der Waals surface area contributed by atoms with Gasteiger partial charge in [0.1, 0.15) is 5.82 Å². The van der Waals surface area contributed by atoms with Gasteiger partial charge in [-0.15, -0.1) is 11.6 Å². The standard InChI is InChI=1S/C17H16BrClN2/c1-2-12-5-3-4-6-13(12)11-21-16-8-7-14(18)9-15(16)20-17(21)10-19/h3-9H,2,10-11H2,1H3. The lowest BCUT2D eigenvalue weighted by atomic mass is 10.1. The lowest BCUT2D eigenvalue weighted by Crippen LogP contribution is -2.06. The lowest BCUT2D eigenvalue weighted by molar-refractivity contribution is 0.770. The second-order valence-corrected chi connectivity index (χ2v) is 6.19. The minimum atomic E-state index is 0.417. The average molecular weight is 364 g/mol. The summed E-state index contributed by atoms with van der Waals surface area (Å²) >= 11 is 9.58. The van der Waals surface area contributed by atoms with Gasteiger partial charge in [0, 0.05) is 11.0 Å². The average Bonchev–Trinajstić information content (AvgIpc) is 2.84. The predicted octanol–water partition coefficient (Wildman–Crippen LogP) is 5.15. The van der Waals surface area contributed by atoms with Crippen LogP contribution in [0.1, 0.15) is 23.9 Å². The van der Waals surface area contributed by atoms with Crippen molar-refractivity contribution in [1.82, 2.24) is 9.55 Å². The van der Waals surface area contributed by atoms with Gasteiger partial charge in [-0.3, -0.25) is 0 Å². The molecule has 4 heteroatoms. The van der Waals surface area contributed by atoms with Crippen molar-refractivity contribution in [3.63, 3.8) is 0 Å². The molecule has 0 bridgehead atoms. The number of rotatable bonds is 4. The predicted molar refractivity (Wildman–Crippen MR) is 91.9 cm³/mol. The first-order chi connectivity index (χ1) is 10.2. The zero-order valence-corrected chi connectivity index (χ0v) is 14.2. The van der Waals surface area contributed by atoms with E-state index in [1.165, 1.54) is 11.1 Å². The van der Waals surface area contributed by atoms with Gasteiger partial charge in [0.25, 0.3) is 0 Å². The van der Waals surface area contributed by atoms with Crippen LogP contribution in [0.2, 0.25) is 0 Å². The van der Waals surface area contributed by atoms with Crippen LogP contribution in [0.3, 0.4) is 0 Å². The van der Waals surface area contributed by atoms with Gasteiger partial charge < -0.3 is 4.57 Å². The Morgan fingerprint density at radius 1 is 1.14 bits per heavy atom. The van der Waals surface area contributed by atoms with Crippen LogP contribution >= 0.6 is 27.5 Å². The van der Waals surface area contributed by atoms with Gasteiger partial charge in [0.15, 0.2) is 0 Å². The lowest BCUT2D eigenvalue weighted by Gasteiger charge is -2.11. The van der Waals surface area contributed by atoms with Crippen molar-refractivity contribution in [2.75, 3.05) is 0 Å². The highest BCUT2D eigenvalue weighted by Gasteiger charge is 2.11. The zero-order chi connectivity index (χ0) is 14.8. The largest absolute Gasteiger partial charge is 0.322 e. The first-order valence-electron chi connectivity index (χ1n) is 7.00. The minimum Gasteiger partial charge on any atom is -0.322 e. The smallest absolute Gasteiger partial charge is 0.125 e. The van der Waals surface area contributed by atoms with Crippen LogP contribution in [0, 0.1) is 0 Å². The second-order valence-electron chi connectivity index (χ2n) is 5.00. The molecule has 0 aliphatic heterocycles. The molecule has 1 heterocycles. The second kappa shape index (κ2) is 6.20. The van der Waals surface area contributed by atoms with Crippen molar-refractivity contribution in [3.05, 3.63) is 63.9 Å². The van der Waals surface area contributed by atoms with Crippen molar-refractivity contribution >= 4 is 38.6 Å². The number of benzene rings is 2. The summed E-state index contributed by atoms with van der Waals surface area (Å²) in [5.41, 5.74) is 4.80. The summed E-state index contributed by atoms with van der Waals surface area (Å²) in [4.78, 5) is 4.64. The van der Waals surface area contributed by atoms with Crippen molar-refractivity contribution in [1.29, 1.82) is 0 Å². The Kier molecular flexibility index (Phi) is 4.32. The van der Waals surface area contributed by atoms with E-state index in [2.05, 4.69) is 62.7 Å². The van der Waals surface area contributed by atoms with E-state index in [4.69, 9.17) is 11.6 Å². The Bertz CT molecular complexity index is 780. The van der Waals surface area contributed by atoms with Gasteiger partial charge in [-0.25, -0.2) is 4.98 Å². The van der Waals surface area contributed by atoms with Gasteiger partial charge in [-0.2, -0.15) is 0 Å². The maximum absolute atomic E-state index is 6.09. The summed E-state index contributed by atoms with van der Waals surface area (Å²) < 4.78 is 3.25. The van der Waals surface area contributed by atoms with E-state index in [9.17, 15) is 0 Å². The molecule has 3 aromatic rings. The van der Waals surface area contributed by atoms with E-state index in [0.29, 0.717) is 5.88 Å². The molecule has 0 amide bonds. The zero-order valence-electron chi connectivity index (χ0n) is 11.8. The van der Waals surface area contributed by atoms with Crippen LogP contribution in [0.5, 0.6) is 0 Å². The van der Waals surface area contributed by atoms with Crippen molar-refractivity contribution in [2.45, 2.75) is 25.8 Å². The SMILES string of the molecule is CCc1ccccc1Cn1c(CCl)nc2cc(Br)ccc21. The van der Waals surface area contributed by atoms with Gasteiger partial charge in [0.2, 0.25) is 0 Å². The highest BCUT2D eigenvalue weighted by atomic mass is 79.9. The number of halogens is 2. The minimum absolute atomic E-state index is 0.417. The molecule has 2 nitrogen and oxygen atoms in total. The van der Waals surface area contributed by atoms with Gasteiger partial charge >= 0.3 is 0 Å². The van der Waals surface area contributed by atoms with Crippen LogP contribution in [0.15, 0.2) is 46.9 Å². The van der Waals surface area contributed by atoms with Crippen molar-refractivity contribution in [2.24, 2.45) is 0 Å². The molecule has 2 aromatic carbocycles. The highest BCUT2D eigenvalue weighted by molar-refractivity contribution is 9.10. The summed E-state index contributed by atoms with van der Waals surface area (Å²) in [6.07, 6.45) is 1.03. The van der Waals surface area contributed by atoms with Crippen LogP contribution in [0.4, 0.5) is 0 Å². The van der Waals surface area contributed by atoms with E-state index in [0.717, 1.165) is 34.3 Å². The summed E-state index contributed by atoms with van der Waals surface area (Å²) in [5.74, 6) is 1.33. The Hall–Kier alpha value is -1.32. The number of alkyl halides is 1. The van der Waals surface area contributed by atoms with Crippen molar-refractivity contribution in [3.8, 4) is 0 Å². The molecule has 0 spiro atoms. The normalized spacial score (nSPS) is 11.2. The van der Waals surface area contributed by atoms with Crippen LogP contribution in [-0.4, -0.2) is 9.55 Å². The van der Waals surface area contributed by atoms with E-state index in [1.54, 1.807) is 0 Å². The maximum atomic E-state index is 6.09. The number of imidazole rings is 1. The summed E-state index contributed by atoms with van der Waals surface area (Å²) in [6.45, 7) is 2.99. The van der Waals surface area contributed by atoms with Crippen LogP contribution in [0.25, 0.3) is 11.0 Å². The first-order valence-corrected chi connectivity index (χ1v) is 8.33. The molecule has 0 radical (unpaired) electrons. The van der Waals surface area contributed by atoms with E-state index >= 15 is 0 Å².